The molecule has 1 fully saturated rings. The molecular weight excluding hydrogens is 570 g/mol. The molecule has 0 bridgehead atoms. The number of pyridine rings is 3. The maximum atomic E-state index is 14.0. The van der Waals surface area contributed by atoms with E-state index in [9.17, 15) is 28.6 Å². The molecule has 3 aromatic rings. The third-order valence-electron chi connectivity index (χ3n) is 7.14. The molecule has 0 saturated heterocycles. The highest BCUT2D eigenvalue weighted by atomic mass is 35.5. The van der Waals surface area contributed by atoms with Gasteiger partial charge in [-0.05, 0) is 70.2 Å². The fraction of sp³-hybridized carbons (Fsp3) is 0.333. The Morgan fingerprint density at radius 2 is 2.02 bits per heavy atom. The molecule has 3 aromatic heterocycles. The summed E-state index contributed by atoms with van der Waals surface area (Å²) >= 11 is 6.29. The van der Waals surface area contributed by atoms with Crippen LogP contribution >= 0.6 is 11.6 Å². The molecule has 2 N–H and O–H groups in total. The fourth-order valence-corrected chi connectivity index (χ4v) is 4.41. The van der Waals surface area contributed by atoms with Crippen molar-refractivity contribution < 1.29 is 23.7 Å². The Morgan fingerprint density at radius 1 is 1.31 bits per heavy atom. The second kappa shape index (κ2) is 12.5. The molecule has 1 aliphatic rings. The quantitative estimate of drug-likeness (QED) is 0.275. The van der Waals surface area contributed by atoms with Gasteiger partial charge in [-0.2, -0.15) is 0 Å². The molecule has 1 aliphatic carbocycles. The van der Waals surface area contributed by atoms with Crippen LogP contribution in [-0.4, -0.2) is 36.3 Å². The molecule has 42 heavy (non-hydrogen) atoms. The number of ether oxygens (including phenoxy) is 1. The Balaban J connectivity index is 1.71. The highest BCUT2D eigenvalue weighted by Crippen LogP contribution is 2.44. The number of hydrogen-bond donors (Lipinski definition) is 2. The van der Waals surface area contributed by atoms with Crippen LogP contribution in [0.1, 0.15) is 50.6 Å². The lowest BCUT2D eigenvalue weighted by molar-refractivity contribution is 0.0315. The van der Waals surface area contributed by atoms with Crippen molar-refractivity contribution in [3.63, 3.8) is 0 Å². The van der Waals surface area contributed by atoms with Gasteiger partial charge in [0.05, 0.1) is 17.9 Å². The van der Waals surface area contributed by atoms with Crippen LogP contribution in [0.3, 0.4) is 0 Å². The van der Waals surface area contributed by atoms with E-state index in [2.05, 4.69) is 9.98 Å². The monoisotopic (exact) mass is 600 g/mol. The number of hydrogen-bond acceptors (Lipinski definition) is 7. The molecule has 0 aromatic carbocycles. The second-order valence-electron chi connectivity index (χ2n) is 10.4. The zero-order valence-electron chi connectivity index (χ0n) is 23.5. The standard InChI is InChI=1S/C30H31ClF2N4O5/c1-17(19(3)38)14-35-26(37-10-5-6-22(28(37)39)30(4,41)20-7-8-20)9-11-36-18(2)12-25(27(31)29(36)40)42-16-24-23(33)13-21(32)15-34-24/h5-6,9-15,19-20,38,41H,7-8,16H2,1-4H3/b11-9+,17-14-,35-26-/t19-,30+/m0/s1. The molecule has 0 aliphatic heterocycles. The summed E-state index contributed by atoms with van der Waals surface area (Å²) in [6.45, 7) is 6.09. The van der Waals surface area contributed by atoms with Crippen molar-refractivity contribution in [3.05, 3.63) is 109 Å². The molecule has 0 unspecified atom stereocenters. The first kappa shape index (κ1) is 31.0. The Labute approximate surface area is 245 Å². The normalized spacial score (nSPS) is 16.5. The van der Waals surface area contributed by atoms with E-state index < -0.39 is 34.5 Å². The number of allylic oxidation sites excluding steroid dienone is 1. The SMILES string of the molecule is C/C(=C/N=C(/C=C/n1c(C)cc(OCc2ncc(F)cc2F)c(Cl)c1=O)n1cccc([C@](C)(O)C2CC2)c1=O)[C@H](C)O. The number of aliphatic imine (C=N–C) groups is 1. The summed E-state index contributed by atoms with van der Waals surface area (Å²) in [4.78, 5) is 34.7. The lowest BCUT2D eigenvalue weighted by Crippen LogP contribution is -2.37. The van der Waals surface area contributed by atoms with Crippen molar-refractivity contribution in [2.45, 2.75) is 58.8 Å². The number of aliphatic hydroxyl groups is 2. The van der Waals surface area contributed by atoms with Gasteiger partial charge in [0.2, 0.25) is 0 Å². The zero-order chi connectivity index (χ0) is 30.8. The minimum absolute atomic E-state index is 0.0196. The Hall–Kier alpha value is -3.93. The minimum Gasteiger partial charge on any atom is -0.485 e. The van der Waals surface area contributed by atoms with Crippen LogP contribution in [0.2, 0.25) is 5.02 Å². The Kier molecular flexibility index (Phi) is 9.24. The van der Waals surface area contributed by atoms with Crippen LogP contribution in [0.15, 0.2) is 69.1 Å². The van der Waals surface area contributed by atoms with Crippen LogP contribution in [0.5, 0.6) is 5.75 Å². The van der Waals surface area contributed by atoms with E-state index in [1.165, 1.54) is 39.9 Å². The van der Waals surface area contributed by atoms with Gasteiger partial charge < -0.3 is 14.9 Å². The summed E-state index contributed by atoms with van der Waals surface area (Å²) in [5.74, 6) is -1.67. The van der Waals surface area contributed by atoms with Crippen molar-refractivity contribution >= 4 is 23.6 Å². The van der Waals surface area contributed by atoms with Crippen LogP contribution in [0, 0.1) is 24.5 Å². The molecular formula is C30H31ClF2N4O5. The van der Waals surface area contributed by atoms with E-state index in [4.69, 9.17) is 16.3 Å². The molecule has 4 rings (SSSR count). The third kappa shape index (κ3) is 6.75. The summed E-state index contributed by atoms with van der Waals surface area (Å²) in [6, 6.07) is 5.34. The first-order valence-corrected chi connectivity index (χ1v) is 13.6. The van der Waals surface area contributed by atoms with Crippen molar-refractivity contribution in [3.8, 4) is 5.75 Å². The molecule has 0 radical (unpaired) electrons. The van der Waals surface area contributed by atoms with Crippen LogP contribution in [0.4, 0.5) is 8.78 Å². The molecule has 0 amide bonds. The van der Waals surface area contributed by atoms with Gasteiger partial charge in [-0.15, -0.1) is 0 Å². The summed E-state index contributed by atoms with van der Waals surface area (Å²) in [7, 11) is 0. The predicted octanol–water partition coefficient (Wildman–Crippen LogP) is 4.54. The number of aromatic nitrogens is 3. The number of aryl methyl sites for hydroxylation is 1. The molecule has 3 heterocycles. The number of rotatable bonds is 9. The average Bonchev–Trinajstić information content (AvgIpc) is 3.79. The lowest BCUT2D eigenvalue weighted by Gasteiger charge is -2.23. The van der Waals surface area contributed by atoms with Gasteiger partial charge in [0.15, 0.2) is 5.82 Å². The molecule has 2 atom stereocenters. The van der Waals surface area contributed by atoms with E-state index in [0.29, 0.717) is 17.3 Å². The molecule has 12 heteroatoms. The fourth-order valence-electron chi connectivity index (χ4n) is 4.21. The summed E-state index contributed by atoms with van der Waals surface area (Å²) in [5.41, 5.74) is -1.49. The molecule has 222 valence electrons. The van der Waals surface area contributed by atoms with Gasteiger partial charge in [-0.25, -0.2) is 13.8 Å². The van der Waals surface area contributed by atoms with E-state index in [-0.39, 0.29) is 40.4 Å². The lowest BCUT2D eigenvalue weighted by atomic mass is 9.92. The number of nitrogens with zero attached hydrogens (tertiary/aromatic N) is 4. The maximum absolute atomic E-state index is 14.0. The first-order valence-electron chi connectivity index (χ1n) is 13.2. The van der Waals surface area contributed by atoms with Crippen molar-refractivity contribution in [1.29, 1.82) is 0 Å². The van der Waals surface area contributed by atoms with Gasteiger partial charge in [-0.1, -0.05) is 11.6 Å². The summed E-state index contributed by atoms with van der Waals surface area (Å²) < 4.78 is 35.1. The topological polar surface area (TPSA) is 119 Å². The van der Waals surface area contributed by atoms with E-state index in [0.717, 1.165) is 19.0 Å². The molecule has 9 nitrogen and oxygen atoms in total. The third-order valence-corrected chi connectivity index (χ3v) is 7.48. The molecule has 1 saturated carbocycles. The highest BCUT2D eigenvalue weighted by molar-refractivity contribution is 6.31. The Bertz CT molecular complexity index is 1700. The summed E-state index contributed by atoms with van der Waals surface area (Å²) in [5, 5.41) is 20.6. The van der Waals surface area contributed by atoms with Crippen molar-refractivity contribution in [1.82, 2.24) is 14.1 Å². The summed E-state index contributed by atoms with van der Waals surface area (Å²) in [6.07, 6.45) is 7.39. The second-order valence-corrected chi connectivity index (χ2v) is 10.8. The zero-order valence-corrected chi connectivity index (χ0v) is 24.3. The first-order chi connectivity index (χ1) is 19.8. The number of aliphatic hydroxyl groups excluding tert-OH is 1. The van der Waals surface area contributed by atoms with Crippen LogP contribution in [0.25, 0.3) is 6.20 Å². The smallest absolute Gasteiger partial charge is 0.277 e. The highest BCUT2D eigenvalue weighted by Gasteiger charge is 2.43. The number of halogens is 3. The van der Waals surface area contributed by atoms with Gasteiger partial charge in [0.25, 0.3) is 11.1 Å². The minimum atomic E-state index is -1.32. The average molecular weight is 601 g/mol. The van der Waals surface area contributed by atoms with Crippen LogP contribution in [-0.2, 0) is 12.2 Å². The van der Waals surface area contributed by atoms with E-state index in [1.807, 2.05) is 0 Å². The van der Waals surface area contributed by atoms with Gasteiger partial charge in [0.1, 0.15) is 34.7 Å². The molecule has 0 spiro atoms. The van der Waals surface area contributed by atoms with Gasteiger partial charge in [-0.3, -0.25) is 23.7 Å². The Morgan fingerprint density at radius 3 is 2.67 bits per heavy atom. The van der Waals surface area contributed by atoms with Crippen molar-refractivity contribution in [2.24, 2.45) is 10.9 Å². The maximum Gasteiger partial charge on any atom is 0.277 e. The van der Waals surface area contributed by atoms with Crippen LogP contribution < -0.4 is 15.9 Å². The predicted molar refractivity (Wildman–Crippen MR) is 156 cm³/mol. The van der Waals surface area contributed by atoms with E-state index >= 15 is 0 Å². The van der Waals surface area contributed by atoms with Crippen molar-refractivity contribution in [2.75, 3.05) is 0 Å². The van der Waals surface area contributed by atoms with Gasteiger partial charge >= 0.3 is 0 Å². The van der Waals surface area contributed by atoms with E-state index in [1.54, 1.807) is 39.8 Å². The largest absolute Gasteiger partial charge is 0.485 e. The van der Waals surface area contributed by atoms with Gasteiger partial charge in [0, 0.05) is 42.0 Å².